The zero-order valence-corrected chi connectivity index (χ0v) is 13.3. The molecule has 2 heterocycles. The SMILES string of the molecule is COC(=O)[C@H]1CCN(C(=O)c2oc(C)nc2C)c2ccccc21. The molecule has 6 nitrogen and oxygen atoms in total. The van der Waals surface area contributed by atoms with Gasteiger partial charge >= 0.3 is 5.97 Å². The molecule has 23 heavy (non-hydrogen) atoms. The molecule has 0 bridgehead atoms. The van der Waals surface area contributed by atoms with Gasteiger partial charge in [0.15, 0.2) is 5.89 Å². The van der Waals surface area contributed by atoms with Crippen molar-refractivity contribution >= 4 is 17.6 Å². The average Bonchev–Trinajstić information content (AvgIpc) is 2.91. The van der Waals surface area contributed by atoms with Crippen molar-refractivity contribution in [3.8, 4) is 0 Å². The van der Waals surface area contributed by atoms with Gasteiger partial charge in [-0.2, -0.15) is 0 Å². The van der Waals surface area contributed by atoms with Crippen LogP contribution in [0.2, 0.25) is 0 Å². The first kappa shape index (κ1) is 15.3. The highest BCUT2D eigenvalue weighted by Gasteiger charge is 2.34. The van der Waals surface area contributed by atoms with Gasteiger partial charge < -0.3 is 14.1 Å². The van der Waals surface area contributed by atoms with Crippen LogP contribution in [0.5, 0.6) is 0 Å². The Morgan fingerprint density at radius 2 is 2.04 bits per heavy atom. The summed E-state index contributed by atoms with van der Waals surface area (Å²) < 4.78 is 10.3. The van der Waals surface area contributed by atoms with Crippen molar-refractivity contribution in [1.82, 2.24) is 4.98 Å². The second kappa shape index (κ2) is 5.87. The first-order valence-electron chi connectivity index (χ1n) is 7.45. The molecule has 1 aliphatic heterocycles. The molecule has 3 rings (SSSR count). The minimum atomic E-state index is -0.349. The number of ether oxygens (including phenoxy) is 1. The molecule has 0 saturated carbocycles. The number of methoxy groups -OCH3 is 1. The second-order valence-corrected chi connectivity index (χ2v) is 5.53. The number of oxazole rings is 1. The van der Waals surface area contributed by atoms with Crippen molar-refractivity contribution < 1.29 is 18.7 Å². The van der Waals surface area contributed by atoms with E-state index in [1.165, 1.54) is 7.11 Å². The van der Waals surface area contributed by atoms with Gasteiger partial charge in [-0.05, 0) is 25.0 Å². The summed E-state index contributed by atoms with van der Waals surface area (Å²) in [7, 11) is 1.38. The first-order valence-corrected chi connectivity index (χ1v) is 7.45. The highest BCUT2D eigenvalue weighted by atomic mass is 16.5. The maximum atomic E-state index is 12.8. The number of benzene rings is 1. The lowest BCUT2D eigenvalue weighted by Gasteiger charge is -2.32. The fraction of sp³-hybridized carbons (Fsp3) is 0.353. The van der Waals surface area contributed by atoms with E-state index < -0.39 is 0 Å². The Morgan fingerprint density at radius 3 is 2.70 bits per heavy atom. The Morgan fingerprint density at radius 1 is 1.30 bits per heavy atom. The minimum absolute atomic E-state index is 0.237. The molecule has 0 saturated heterocycles. The maximum absolute atomic E-state index is 12.8. The number of aromatic nitrogens is 1. The molecule has 1 aromatic carbocycles. The number of para-hydroxylation sites is 1. The fourth-order valence-electron chi connectivity index (χ4n) is 3.01. The van der Waals surface area contributed by atoms with Gasteiger partial charge in [-0.1, -0.05) is 18.2 Å². The Balaban J connectivity index is 2.00. The van der Waals surface area contributed by atoms with Crippen LogP contribution in [0.3, 0.4) is 0 Å². The lowest BCUT2D eigenvalue weighted by atomic mass is 9.89. The molecule has 0 N–H and O–H groups in total. The van der Waals surface area contributed by atoms with Crippen LogP contribution in [0.25, 0.3) is 0 Å². The molecule has 1 amide bonds. The third-order valence-corrected chi connectivity index (χ3v) is 4.07. The summed E-state index contributed by atoms with van der Waals surface area (Å²) in [6.07, 6.45) is 0.515. The molecule has 0 unspecified atom stereocenters. The number of carbonyl (C=O) groups is 2. The molecule has 0 radical (unpaired) electrons. The van der Waals surface area contributed by atoms with Gasteiger partial charge in [0, 0.05) is 19.2 Å². The molecule has 1 aromatic heterocycles. The molecule has 120 valence electrons. The number of rotatable bonds is 2. The van der Waals surface area contributed by atoms with Crippen molar-refractivity contribution in [2.75, 3.05) is 18.6 Å². The topological polar surface area (TPSA) is 72.6 Å². The molecule has 0 spiro atoms. The van der Waals surface area contributed by atoms with Gasteiger partial charge in [0.2, 0.25) is 5.76 Å². The number of hydrogen-bond donors (Lipinski definition) is 0. The van der Waals surface area contributed by atoms with E-state index in [1.807, 2.05) is 24.3 Å². The summed E-state index contributed by atoms with van der Waals surface area (Å²) >= 11 is 0. The van der Waals surface area contributed by atoms with E-state index in [0.29, 0.717) is 30.2 Å². The summed E-state index contributed by atoms with van der Waals surface area (Å²) in [5.74, 6) is -0.162. The number of esters is 1. The zero-order chi connectivity index (χ0) is 16.6. The monoisotopic (exact) mass is 314 g/mol. The largest absolute Gasteiger partial charge is 0.469 e. The van der Waals surface area contributed by atoms with Gasteiger partial charge in [-0.15, -0.1) is 0 Å². The Labute approximate surface area is 134 Å². The minimum Gasteiger partial charge on any atom is -0.469 e. The van der Waals surface area contributed by atoms with Crippen molar-refractivity contribution in [3.63, 3.8) is 0 Å². The van der Waals surface area contributed by atoms with Crippen molar-refractivity contribution in [2.45, 2.75) is 26.2 Å². The molecule has 1 aliphatic rings. The maximum Gasteiger partial charge on any atom is 0.313 e. The van der Waals surface area contributed by atoms with Crippen LogP contribution in [-0.2, 0) is 9.53 Å². The molecule has 2 aromatic rings. The van der Waals surface area contributed by atoms with E-state index in [1.54, 1.807) is 18.7 Å². The Kier molecular flexibility index (Phi) is 3.90. The van der Waals surface area contributed by atoms with E-state index in [2.05, 4.69) is 4.98 Å². The van der Waals surface area contributed by atoms with Crippen molar-refractivity contribution in [3.05, 3.63) is 47.2 Å². The number of anilines is 1. The van der Waals surface area contributed by atoms with E-state index in [0.717, 1.165) is 5.56 Å². The molecule has 0 fully saturated rings. The van der Waals surface area contributed by atoms with Gasteiger partial charge in [0.25, 0.3) is 5.91 Å². The number of carbonyl (C=O) groups excluding carboxylic acids is 2. The number of hydrogen-bond acceptors (Lipinski definition) is 5. The first-order chi connectivity index (χ1) is 11.0. The van der Waals surface area contributed by atoms with Crippen LogP contribution in [-0.4, -0.2) is 30.5 Å². The van der Waals surface area contributed by atoms with Crippen molar-refractivity contribution in [2.24, 2.45) is 0 Å². The van der Waals surface area contributed by atoms with Crippen LogP contribution in [0.1, 0.15) is 40.0 Å². The van der Waals surface area contributed by atoms with Crippen LogP contribution in [0, 0.1) is 13.8 Å². The molecule has 1 atom stereocenters. The number of fused-ring (bicyclic) bond motifs is 1. The highest BCUT2D eigenvalue weighted by Crippen LogP contribution is 2.36. The third-order valence-electron chi connectivity index (χ3n) is 4.07. The van der Waals surface area contributed by atoms with Crippen LogP contribution >= 0.6 is 0 Å². The van der Waals surface area contributed by atoms with Crippen LogP contribution in [0.4, 0.5) is 5.69 Å². The lowest BCUT2D eigenvalue weighted by molar-refractivity contribution is -0.142. The molecular formula is C17H18N2O4. The summed E-state index contributed by atoms with van der Waals surface area (Å²) in [5, 5.41) is 0. The van der Waals surface area contributed by atoms with Crippen molar-refractivity contribution in [1.29, 1.82) is 0 Å². The third kappa shape index (κ3) is 2.60. The van der Waals surface area contributed by atoms with E-state index in [9.17, 15) is 9.59 Å². The predicted octanol–water partition coefficient (Wildman–Crippen LogP) is 2.60. The average molecular weight is 314 g/mol. The van der Waals surface area contributed by atoms with E-state index in [-0.39, 0.29) is 23.6 Å². The molecule has 6 heteroatoms. The van der Waals surface area contributed by atoms with Gasteiger partial charge in [-0.3, -0.25) is 9.59 Å². The number of amides is 1. The van der Waals surface area contributed by atoms with Crippen LogP contribution < -0.4 is 4.90 Å². The highest BCUT2D eigenvalue weighted by molar-refractivity contribution is 6.06. The Hall–Kier alpha value is -2.63. The smallest absolute Gasteiger partial charge is 0.313 e. The van der Waals surface area contributed by atoms with E-state index in [4.69, 9.17) is 9.15 Å². The zero-order valence-electron chi connectivity index (χ0n) is 13.3. The molecular weight excluding hydrogens is 296 g/mol. The summed E-state index contributed by atoms with van der Waals surface area (Å²) in [4.78, 5) is 30.6. The predicted molar refractivity (Wildman–Crippen MR) is 83.5 cm³/mol. The summed E-state index contributed by atoms with van der Waals surface area (Å²) in [6.45, 7) is 3.88. The summed E-state index contributed by atoms with van der Waals surface area (Å²) in [6, 6.07) is 7.39. The van der Waals surface area contributed by atoms with Gasteiger partial charge in [0.1, 0.15) is 0 Å². The Bertz CT molecular complexity index is 766. The number of aryl methyl sites for hydroxylation is 2. The second-order valence-electron chi connectivity index (χ2n) is 5.53. The summed E-state index contributed by atoms with van der Waals surface area (Å²) in [5.41, 5.74) is 2.08. The quantitative estimate of drug-likeness (QED) is 0.797. The molecule has 0 aliphatic carbocycles. The normalized spacial score (nSPS) is 16.8. The van der Waals surface area contributed by atoms with Crippen LogP contribution in [0.15, 0.2) is 28.7 Å². The lowest BCUT2D eigenvalue weighted by Crippen LogP contribution is -2.38. The van der Waals surface area contributed by atoms with Gasteiger partial charge in [-0.25, -0.2) is 4.98 Å². The number of nitrogens with zero attached hydrogens (tertiary/aromatic N) is 2. The van der Waals surface area contributed by atoms with Gasteiger partial charge in [0.05, 0.1) is 18.7 Å². The van der Waals surface area contributed by atoms with E-state index >= 15 is 0 Å². The fourth-order valence-corrected chi connectivity index (χ4v) is 3.01. The standard InChI is InChI=1S/C17H18N2O4/c1-10-15(23-11(2)18-10)16(20)19-9-8-13(17(21)22-3)12-6-4-5-7-14(12)19/h4-7,13H,8-9H2,1-3H3/t13-/m0/s1.